The predicted molar refractivity (Wildman–Crippen MR) is 282 cm³/mol. The van der Waals surface area contributed by atoms with Crippen molar-refractivity contribution in [3.05, 3.63) is 137 Å². The number of esters is 2. The summed E-state index contributed by atoms with van der Waals surface area (Å²) in [7, 11) is 0. The Morgan fingerprint density at radius 1 is 0.690 bits per heavy atom. The van der Waals surface area contributed by atoms with Crippen molar-refractivity contribution in [1.82, 2.24) is 4.57 Å². The maximum absolute atomic E-state index is 14.0. The molecule has 378 valence electrons. The van der Waals surface area contributed by atoms with Crippen molar-refractivity contribution in [3.63, 3.8) is 0 Å². The van der Waals surface area contributed by atoms with Gasteiger partial charge in [-0.15, -0.1) is 0 Å². The lowest BCUT2D eigenvalue weighted by molar-refractivity contribution is -0.123. The molecule has 0 saturated carbocycles. The molecule has 1 aliphatic rings. The van der Waals surface area contributed by atoms with Gasteiger partial charge in [0.15, 0.2) is 0 Å². The minimum absolute atomic E-state index is 0.000407. The molecule has 0 radical (unpaired) electrons. The molecule has 1 aromatic heterocycles. The molecule has 1 aliphatic heterocycles. The third kappa shape index (κ3) is 16.4. The topological polar surface area (TPSA) is 160 Å². The summed E-state index contributed by atoms with van der Waals surface area (Å²) in [5.41, 5.74) is -0.968. The van der Waals surface area contributed by atoms with Gasteiger partial charge in [-0.3, -0.25) is 19.3 Å². The Balaban J connectivity index is 1.47. The van der Waals surface area contributed by atoms with E-state index in [-0.39, 0.29) is 79.3 Å². The number of hydrogen-bond donors (Lipinski definition) is 1. The van der Waals surface area contributed by atoms with Crippen molar-refractivity contribution in [2.24, 2.45) is 0 Å². The second-order valence-corrected chi connectivity index (χ2v) is 18.6. The highest BCUT2D eigenvalue weighted by Gasteiger charge is 2.38. The molecule has 0 atom stereocenters. The maximum atomic E-state index is 14.0. The smallest absolute Gasteiger partial charge is 0.338 e. The van der Waals surface area contributed by atoms with Gasteiger partial charge >= 0.3 is 11.9 Å². The largest absolute Gasteiger partial charge is 0.494 e. The molecule has 0 aliphatic carbocycles. The van der Waals surface area contributed by atoms with E-state index in [1.54, 1.807) is 0 Å². The Morgan fingerprint density at radius 2 is 1.15 bits per heavy atom. The van der Waals surface area contributed by atoms with Crippen LogP contribution in [0.4, 0.5) is 5.69 Å². The number of pyridine rings is 1. The Labute approximate surface area is 429 Å². The van der Waals surface area contributed by atoms with Crippen molar-refractivity contribution in [1.29, 1.82) is 5.26 Å². The van der Waals surface area contributed by atoms with E-state index in [9.17, 15) is 34.3 Å². The molecule has 4 rings (SSSR count). The summed E-state index contributed by atoms with van der Waals surface area (Å²) in [4.78, 5) is 71.7. The van der Waals surface area contributed by atoms with Gasteiger partial charge in [0.1, 0.15) is 11.6 Å². The molecule has 12 nitrogen and oxygen atoms in total. The summed E-state index contributed by atoms with van der Waals surface area (Å²) in [6.07, 6.45) is 30.0. The lowest BCUT2D eigenvalue weighted by atomic mass is 9.97. The number of unbranched alkanes of at least 4 members (excludes halogenated alkanes) is 18. The molecule has 14 heteroatoms. The van der Waals surface area contributed by atoms with Crippen molar-refractivity contribution in [2.45, 2.75) is 156 Å². The number of benzene rings is 2. The van der Waals surface area contributed by atoms with Crippen LogP contribution in [0, 0.1) is 24.8 Å². The number of amides is 2. The highest BCUT2D eigenvalue weighted by molar-refractivity contribution is 6.38. The lowest BCUT2D eigenvalue weighted by Crippen LogP contribution is -2.42. The maximum Gasteiger partial charge on any atom is 0.338 e. The Morgan fingerprint density at radius 3 is 1.63 bits per heavy atom. The summed E-state index contributed by atoms with van der Waals surface area (Å²) < 4.78 is 11.9. The number of hydrogen-bond acceptors (Lipinski definition) is 9. The van der Waals surface area contributed by atoms with Crippen LogP contribution in [0.15, 0.2) is 82.3 Å². The molecule has 1 N–H and O–H groups in total. The number of anilines is 1. The van der Waals surface area contributed by atoms with Gasteiger partial charge in [-0.25, -0.2) is 19.0 Å². The first kappa shape index (κ1) is 57.4. The molecule has 71 heavy (non-hydrogen) atoms. The number of rotatable bonds is 29. The fraction of sp³-hybridized carbons (Fsp3) is 0.456. The number of allylic oxidation sites excluding steroid dienone is 4. The highest BCUT2D eigenvalue weighted by atomic mass is 35.5. The molecule has 0 fully saturated rings. The van der Waals surface area contributed by atoms with Gasteiger partial charge in [-0.05, 0) is 80.3 Å². The zero-order valence-electron chi connectivity index (χ0n) is 41.8. The van der Waals surface area contributed by atoms with Gasteiger partial charge in [0.05, 0.1) is 52.3 Å². The molecule has 0 spiro atoms. The molecular formula is C57H68Cl2N4O8. The third-order valence-electron chi connectivity index (χ3n) is 12.5. The number of nitriles is 1. The fourth-order valence-corrected chi connectivity index (χ4v) is 8.73. The zero-order valence-corrected chi connectivity index (χ0v) is 43.3. The molecule has 2 heterocycles. The van der Waals surface area contributed by atoms with Gasteiger partial charge in [-0.1, -0.05) is 177 Å². The van der Waals surface area contributed by atoms with Gasteiger partial charge in [0.25, 0.3) is 23.1 Å². The Hall–Kier alpha value is -6.21. The molecule has 2 amide bonds. The van der Waals surface area contributed by atoms with Crippen LogP contribution in [-0.4, -0.2) is 46.6 Å². The first-order valence-electron chi connectivity index (χ1n) is 25.2. The molecular weight excluding hydrogens is 940 g/mol. The zero-order chi connectivity index (χ0) is 51.7. The molecule has 0 unspecified atom stereocenters. The van der Waals surface area contributed by atoms with Crippen LogP contribution >= 0.6 is 23.2 Å². The first-order chi connectivity index (χ1) is 34.3. The number of aromatic hydroxyl groups is 1. The van der Waals surface area contributed by atoms with Crippen molar-refractivity contribution in [2.75, 3.05) is 18.1 Å². The van der Waals surface area contributed by atoms with Crippen LogP contribution in [0.2, 0.25) is 10.0 Å². The van der Waals surface area contributed by atoms with Crippen LogP contribution in [0.3, 0.4) is 0 Å². The van der Waals surface area contributed by atoms with E-state index in [2.05, 4.69) is 18.7 Å². The minimum Gasteiger partial charge on any atom is -0.494 e. The summed E-state index contributed by atoms with van der Waals surface area (Å²) in [6, 6.07) is 10.3. The number of halogens is 2. The molecule has 2 aromatic carbocycles. The standard InChI is InChI=1S/C57H68Cl2N4O8/c1-6-8-10-12-14-16-18-20-22-27-35-70-56(68)42-31-33-47(58)49(37-42)62-52(64)44(40(3)46(39-60)54(62)66)29-25-24-26-30-45-41(4)51(61-5)55(67)63(53(45)65)50-38-43(32-34-48(50)59)57(69)71-36-28-23-21-19-17-15-13-11-9-7-2/h24-26,29-34,37-38,64H,6-23,27-28,35-36H2,1-4H3/b26-24-,29-25+,45-30-. The Bertz CT molecular complexity index is 2630. The van der Waals surface area contributed by atoms with E-state index >= 15 is 0 Å². The number of nitrogens with zero attached hydrogens (tertiary/aromatic N) is 4. The number of carbonyl (C=O) groups is 4. The second-order valence-electron chi connectivity index (χ2n) is 17.8. The number of carbonyl (C=O) groups excluding carboxylic acids is 4. The monoisotopic (exact) mass is 1010 g/mol. The minimum atomic E-state index is -0.900. The van der Waals surface area contributed by atoms with E-state index in [0.29, 0.717) is 12.8 Å². The van der Waals surface area contributed by atoms with E-state index in [1.165, 1.54) is 158 Å². The van der Waals surface area contributed by atoms with Crippen LogP contribution in [0.5, 0.6) is 5.88 Å². The second kappa shape index (κ2) is 30.5. The van der Waals surface area contributed by atoms with Gasteiger partial charge in [0.2, 0.25) is 5.88 Å². The Kier molecular flexibility index (Phi) is 24.7. The van der Waals surface area contributed by atoms with Crippen molar-refractivity contribution in [3.8, 4) is 17.6 Å². The van der Waals surface area contributed by atoms with E-state index in [0.717, 1.165) is 48.0 Å². The quantitative estimate of drug-likeness (QED) is 0.0178. The van der Waals surface area contributed by atoms with E-state index in [1.807, 2.05) is 6.07 Å². The molecule has 0 saturated heterocycles. The van der Waals surface area contributed by atoms with Gasteiger partial charge in [0, 0.05) is 11.1 Å². The van der Waals surface area contributed by atoms with E-state index in [4.69, 9.17) is 39.2 Å². The normalized spacial score (nSPS) is 13.4. The highest BCUT2D eigenvalue weighted by Crippen LogP contribution is 2.36. The summed E-state index contributed by atoms with van der Waals surface area (Å²) in [5.74, 6) is -3.49. The fourth-order valence-electron chi connectivity index (χ4n) is 8.32. The van der Waals surface area contributed by atoms with Gasteiger partial charge in [-0.2, -0.15) is 5.26 Å². The van der Waals surface area contributed by atoms with Crippen molar-refractivity contribution >= 4 is 58.7 Å². The van der Waals surface area contributed by atoms with E-state index < -0.39 is 35.2 Å². The van der Waals surface area contributed by atoms with Crippen LogP contribution in [0.25, 0.3) is 16.6 Å². The number of imide groups is 1. The predicted octanol–water partition coefficient (Wildman–Crippen LogP) is 14.4. The number of aromatic nitrogens is 1. The molecule has 0 bridgehead atoms. The van der Waals surface area contributed by atoms with Crippen molar-refractivity contribution < 1.29 is 33.8 Å². The van der Waals surface area contributed by atoms with Crippen LogP contribution in [-0.2, 0) is 19.1 Å². The van der Waals surface area contributed by atoms with Gasteiger partial charge < -0.3 is 14.6 Å². The third-order valence-corrected chi connectivity index (χ3v) is 13.2. The van der Waals surface area contributed by atoms with Crippen LogP contribution < -0.4 is 10.5 Å². The summed E-state index contributed by atoms with van der Waals surface area (Å²) in [6.45, 7) is 15.6. The molecule has 3 aromatic rings. The first-order valence-corrected chi connectivity index (χ1v) is 25.9. The average Bonchev–Trinajstić information content (AvgIpc) is 3.35. The average molecular weight is 1010 g/mol. The summed E-state index contributed by atoms with van der Waals surface area (Å²) in [5, 5.41) is 21.6. The lowest BCUT2D eigenvalue weighted by Gasteiger charge is -2.28. The SMILES string of the molecule is [C-]#[N+]C1=C(C)/C(=C/C=C\C=C\c2c(C)c(C#N)c(=O)n(-c3cc(C(=O)OCCCCCCCCCCCC)ccc3Cl)c2O)C(=O)N(c2cc(C(=O)OCCCCCCCCCCCC)ccc2Cl)C1=O. The number of ether oxygens (including phenoxy) is 2. The summed E-state index contributed by atoms with van der Waals surface area (Å²) >= 11 is 13.1. The van der Waals surface area contributed by atoms with Crippen LogP contribution in [0.1, 0.15) is 187 Å².